The molecule has 1 saturated heterocycles. The van der Waals surface area contributed by atoms with Crippen molar-refractivity contribution in [3.05, 3.63) is 66.2 Å². The highest BCUT2D eigenvalue weighted by atomic mass is 35.5. The lowest BCUT2D eigenvalue weighted by Gasteiger charge is -2.33. The first-order valence-electron chi connectivity index (χ1n) is 7.63. The minimum atomic E-state index is -0.584. The number of quaternary nitrogens is 1. The van der Waals surface area contributed by atoms with E-state index < -0.39 is 5.38 Å². The van der Waals surface area contributed by atoms with Crippen molar-refractivity contribution in [3.8, 4) is 0 Å². The van der Waals surface area contributed by atoms with Crippen LogP contribution in [0.3, 0.4) is 0 Å². The van der Waals surface area contributed by atoms with E-state index in [1.807, 2.05) is 41.3 Å². The standard InChI is InChI=1S/C18H19ClN2O.ClH/c19-17(15-7-3-1-4-8-15)18(22)21-13-11-20(12-14-21)16-9-5-2-6-10-16;/h1-10,17H,11-14H2;1H. The van der Waals surface area contributed by atoms with E-state index in [1.165, 1.54) is 10.6 Å². The molecule has 3 nitrogen and oxygen atoms in total. The van der Waals surface area contributed by atoms with E-state index in [9.17, 15) is 4.79 Å². The van der Waals surface area contributed by atoms with Crippen LogP contribution in [-0.4, -0.2) is 37.0 Å². The highest BCUT2D eigenvalue weighted by molar-refractivity contribution is 6.30. The minimum absolute atomic E-state index is 0. The van der Waals surface area contributed by atoms with E-state index >= 15 is 0 Å². The van der Waals surface area contributed by atoms with Crippen LogP contribution >= 0.6 is 11.6 Å². The second kappa shape index (κ2) is 8.34. The van der Waals surface area contributed by atoms with Gasteiger partial charge in [-0.25, -0.2) is 0 Å². The quantitative estimate of drug-likeness (QED) is 0.708. The molecule has 0 aromatic heterocycles. The van der Waals surface area contributed by atoms with Crippen LogP contribution in [0, 0.1) is 0 Å². The van der Waals surface area contributed by atoms with Gasteiger partial charge in [0.15, 0.2) is 0 Å². The maximum atomic E-state index is 12.5. The van der Waals surface area contributed by atoms with Crippen LogP contribution in [0.1, 0.15) is 10.9 Å². The molecule has 1 unspecified atom stereocenters. The van der Waals surface area contributed by atoms with Crippen molar-refractivity contribution in [2.45, 2.75) is 5.38 Å². The third-order valence-electron chi connectivity index (χ3n) is 4.17. The lowest BCUT2D eigenvalue weighted by Crippen LogP contribution is -3.10. The molecule has 1 atom stereocenters. The van der Waals surface area contributed by atoms with Crippen LogP contribution in [0.2, 0.25) is 0 Å². The van der Waals surface area contributed by atoms with Crippen LogP contribution in [0.15, 0.2) is 60.7 Å². The summed E-state index contributed by atoms with van der Waals surface area (Å²) in [6.07, 6.45) is 0. The zero-order valence-corrected chi connectivity index (χ0v) is 14.3. The van der Waals surface area contributed by atoms with Gasteiger partial charge in [0.25, 0.3) is 0 Å². The Morgan fingerprint density at radius 2 is 1.48 bits per heavy atom. The van der Waals surface area contributed by atoms with Gasteiger partial charge in [0.1, 0.15) is 11.1 Å². The SMILES string of the molecule is O=C(C(Cl)c1ccccc1)N1CC[NH+](c2ccccc2)CC1.[Cl-]. The van der Waals surface area contributed by atoms with Crippen LogP contribution in [0.5, 0.6) is 0 Å². The number of hydrogen-bond donors (Lipinski definition) is 1. The van der Waals surface area contributed by atoms with Crippen LogP contribution in [-0.2, 0) is 4.79 Å². The average Bonchev–Trinajstić information content (AvgIpc) is 2.62. The monoisotopic (exact) mass is 350 g/mol. The van der Waals surface area contributed by atoms with Gasteiger partial charge < -0.3 is 17.3 Å². The number of halogens is 2. The summed E-state index contributed by atoms with van der Waals surface area (Å²) in [6, 6.07) is 20.0. The molecule has 0 aliphatic carbocycles. The van der Waals surface area contributed by atoms with Gasteiger partial charge in [-0.15, -0.1) is 11.6 Å². The number of benzene rings is 2. The number of rotatable bonds is 3. The predicted octanol–water partition coefficient (Wildman–Crippen LogP) is -0.971. The number of hydrogen-bond acceptors (Lipinski definition) is 1. The highest BCUT2D eigenvalue weighted by Gasteiger charge is 2.29. The molecule has 0 spiro atoms. The second-order valence-corrected chi connectivity index (χ2v) is 6.00. The molecule has 0 radical (unpaired) electrons. The maximum Gasteiger partial charge on any atom is 0.245 e. The summed E-state index contributed by atoms with van der Waals surface area (Å²) >= 11 is 6.35. The van der Waals surface area contributed by atoms with E-state index in [1.54, 1.807) is 0 Å². The van der Waals surface area contributed by atoms with Gasteiger partial charge in [0.2, 0.25) is 5.91 Å². The largest absolute Gasteiger partial charge is 1.00 e. The lowest BCUT2D eigenvalue weighted by molar-refractivity contribution is -0.837. The Hall–Kier alpha value is -1.55. The number of para-hydroxylation sites is 1. The van der Waals surface area contributed by atoms with E-state index in [4.69, 9.17) is 11.6 Å². The van der Waals surface area contributed by atoms with E-state index in [-0.39, 0.29) is 18.3 Å². The highest BCUT2D eigenvalue weighted by Crippen LogP contribution is 2.22. The van der Waals surface area contributed by atoms with Gasteiger partial charge in [-0.2, -0.15) is 0 Å². The Morgan fingerprint density at radius 3 is 2.04 bits per heavy atom. The number of nitrogens with zero attached hydrogens (tertiary/aromatic N) is 1. The molecule has 1 amide bonds. The number of piperazine rings is 1. The van der Waals surface area contributed by atoms with Gasteiger partial charge in [-0.1, -0.05) is 48.5 Å². The third kappa shape index (κ3) is 4.25. The van der Waals surface area contributed by atoms with Crippen LogP contribution in [0.25, 0.3) is 0 Å². The van der Waals surface area contributed by atoms with Crippen molar-refractivity contribution in [1.29, 1.82) is 0 Å². The van der Waals surface area contributed by atoms with Gasteiger partial charge in [0.05, 0.1) is 26.2 Å². The molecule has 1 aliphatic rings. The van der Waals surface area contributed by atoms with Crippen molar-refractivity contribution >= 4 is 23.2 Å². The van der Waals surface area contributed by atoms with E-state index in [0.29, 0.717) is 0 Å². The smallest absolute Gasteiger partial charge is 0.245 e. The molecule has 2 aromatic rings. The molecule has 0 bridgehead atoms. The third-order valence-corrected chi connectivity index (χ3v) is 4.61. The van der Waals surface area contributed by atoms with E-state index in [0.717, 1.165) is 31.7 Å². The first-order chi connectivity index (χ1) is 10.8. The van der Waals surface area contributed by atoms with Crippen molar-refractivity contribution in [3.63, 3.8) is 0 Å². The van der Waals surface area contributed by atoms with Crippen molar-refractivity contribution in [2.24, 2.45) is 0 Å². The first-order valence-corrected chi connectivity index (χ1v) is 8.07. The molecule has 23 heavy (non-hydrogen) atoms. The number of carbonyl (C=O) groups excluding carboxylic acids is 1. The summed E-state index contributed by atoms with van der Waals surface area (Å²) in [5, 5.41) is -0.584. The normalized spacial score (nSPS) is 16.5. The predicted molar refractivity (Wildman–Crippen MR) is 88.4 cm³/mol. The number of amides is 1. The number of nitrogens with one attached hydrogen (secondary N) is 1. The van der Waals surface area contributed by atoms with Crippen molar-refractivity contribution < 1.29 is 22.1 Å². The van der Waals surface area contributed by atoms with Crippen molar-refractivity contribution in [2.75, 3.05) is 26.2 Å². The Labute approximate surface area is 148 Å². The molecule has 122 valence electrons. The molecule has 2 aromatic carbocycles. The zero-order chi connectivity index (χ0) is 15.4. The molecule has 0 saturated carbocycles. The molecule has 1 heterocycles. The summed E-state index contributed by atoms with van der Waals surface area (Å²) in [7, 11) is 0. The van der Waals surface area contributed by atoms with Crippen LogP contribution in [0.4, 0.5) is 5.69 Å². The summed E-state index contributed by atoms with van der Waals surface area (Å²) in [5.74, 6) is 0.0139. The summed E-state index contributed by atoms with van der Waals surface area (Å²) in [4.78, 5) is 15.8. The molecule has 1 fully saturated rings. The van der Waals surface area contributed by atoms with Crippen LogP contribution < -0.4 is 17.3 Å². The lowest BCUT2D eigenvalue weighted by atomic mass is 10.1. The molecular formula is C18H20Cl2N2O. The summed E-state index contributed by atoms with van der Waals surface area (Å²) < 4.78 is 0. The average molecular weight is 351 g/mol. The summed E-state index contributed by atoms with van der Waals surface area (Å²) in [5.41, 5.74) is 2.16. The van der Waals surface area contributed by atoms with Gasteiger partial charge >= 0.3 is 0 Å². The second-order valence-electron chi connectivity index (χ2n) is 5.57. The Morgan fingerprint density at radius 1 is 0.957 bits per heavy atom. The molecular weight excluding hydrogens is 331 g/mol. The first kappa shape index (κ1) is 17.8. The molecule has 1 N–H and O–H groups in total. The zero-order valence-electron chi connectivity index (χ0n) is 12.8. The Kier molecular flexibility index (Phi) is 6.46. The van der Waals surface area contributed by atoms with Crippen molar-refractivity contribution in [1.82, 2.24) is 4.90 Å². The van der Waals surface area contributed by atoms with E-state index in [2.05, 4.69) is 24.3 Å². The summed E-state index contributed by atoms with van der Waals surface area (Å²) in [6.45, 7) is 3.35. The maximum absolute atomic E-state index is 12.5. The van der Waals surface area contributed by atoms with Gasteiger partial charge in [-0.3, -0.25) is 9.69 Å². The number of alkyl halides is 1. The molecule has 1 aliphatic heterocycles. The fourth-order valence-corrected chi connectivity index (χ4v) is 3.17. The Bertz CT molecular complexity index is 613. The Balaban J connectivity index is 0.00000192. The van der Waals surface area contributed by atoms with Gasteiger partial charge in [-0.05, 0) is 17.7 Å². The fourth-order valence-electron chi connectivity index (χ4n) is 2.88. The molecule has 5 heteroatoms. The minimum Gasteiger partial charge on any atom is -1.00 e. The number of carbonyl (C=O) groups is 1. The van der Waals surface area contributed by atoms with Gasteiger partial charge in [0, 0.05) is 0 Å². The topological polar surface area (TPSA) is 24.8 Å². The molecule has 3 rings (SSSR count). The fraction of sp³-hybridized carbons (Fsp3) is 0.278.